The van der Waals surface area contributed by atoms with E-state index in [-0.39, 0.29) is 29.6 Å². The van der Waals surface area contributed by atoms with Crippen molar-refractivity contribution in [2.45, 2.75) is 57.6 Å². The van der Waals surface area contributed by atoms with E-state index in [9.17, 15) is 9.18 Å². The summed E-state index contributed by atoms with van der Waals surface area (Å²) >= 11 is 0. The zero-order valence-corrected chi connectivity index (χ0v) is 17.5. The maximum absolute atomic E-state index is 13.7. The number of hydrogen-bond donors (Lipinski definition) is 2. The summed E-state index contributed by atoms with van der Waals surface area (Å²) in [5, 5.41) is 6.63. The van der Waals surface area contributed by atoms with Crippen molar-refractivity contribution in [3.05, 3.63) is 30.1 Å². The molecule has 7 heteroatoms. The first kappa shape index (κ1) is 21.4. The van der Waals surface area contributed by atoms with Gasteiger partial charge < -0.3 is 20.3 Å². The van der Waals surface area contributed by atoms with E-state index >= 15 is 0 Å². The Balaban J connectivity index is 1.42. The Labute approximate surface area is 172 Å². The fraction of sp³-hybridized carbons (Fsp3) is 0.636. The summed E-state index contributed by atoms with van der Waals surface area (Å²) < 4.78 is 19.4. The predicted octanol–water partition coefficient (Wildman–Crippen LogP) is 2.94. The summed E-state index contributed by atoms with van der Waals surface area (Å²) in [5.74, 6) is 1.10. The van der Waals surface area contributed by atoms with Crippen molar-refractivity contribution in [3.8, 4) is 5.75 Å². The molecule has 1 aromatic rings. The van der Waals surface area contributed by atoms with Crippen molar-refractivity contribution >= 4 is 11.9 Å². The number of ether oxygens (including phenoxy) is 1. The van der Waals surface area contributed by atoms with Gasteiger partial charge in [-0.15, -0.1) is 0 Å². The third-order valence-electron chi connectivity index (χ3n) is 5.74. The minimum atomic E-state index is -0.365. The van der Waals surface area contributed by atoms with Gasteiger partial charge in [0.2, 0.25) is 5.91 Å². The molecule has 3 rings (SSSR count). The molecule has 0 aromatic heterocycles. The number of hydrogen-bond acceptors (Lipinski definition) is 3. The lowest BCUT2D eigenvalue weighted by Crippen LogP contribution is -2.47. The van der Waals surface area contributed by atoms with E-state index in [0.717, 1.165) is 32.4 Å². The van der Waals surface area contributed by atoms with Crippen LogP contribution in [0.2, 0.25) is 0 Å². The van der Waals surface area contributed by atoms with Crippen LogP contribution >= 0.6 is 0 Å². The Morgan fingerprint density at radius 3 is 2.76 bits per heavy atom. The van der Waals surface area contributed by atoms with Crippen LogP contribution in [-0.2, 0) is 4.79 Å². The summed E-state index contributed by atoms with van der Waals surface area (Å²) in [6.45, 7) is 3.90. The molecule has 1 aliphatic carbocycles. The minimum absolute atomic E-state index is 0.191. The van der Waals surface area contributed by atoms with Gasteiger partial charge in [-0.1, -0.05) is 31.4 Å². The number of benzene rings is 1. The van der Waals surface area contributed by atoms with Crippen molar-refractivity contribution in [1.82, 2.24) is 15.5 Å². The van der Waals surface area contributed by atoms with Crippen LogP contribution in [0.5, 0.6) is 5.75 Å². The number of carbonyl (C=O) groups excluding carboxylic acids is 1. The van der Waals surface area contributed by atoms with Gasteiger partial charge in [-0.3, -0.25) is 9.79 Å². The molecule has 2 fully saturated rings. The van der Waals surface area contributed by atoms with Gasteiger partial charge in [0.05, 0.1) is 6.54 Å². The number of nitrogens with one attached hydrogen (secondary N) is 2. The van der Waals surface area contributed by atoms with E-state index in [2.05, 4.69) is 15.6 Å². The topological polar surface area (TPSA) is 66.0 Å². The summed E-state index contributed by atoms with van der Waals surface area (Å²) in [5.41, 5.74) is 0. The highest BCUT2D eigenvalue weighted by Crippen LogP contribution is 2.26. The van der Waals surface area contributed by atoms with Crippen LogP contribution in [0.4, 0.5) is 4.39 Å². The second-order valence-electron chi connectivity index (χ2n) is 8.06. The number of rotatable bonds is 6. The average molecular weight is 405 g/mol. The number of likely N-dealkylation sites (tertiary alicyclic amines) is 1. The van der Waals surface area contributed by atoms with Crippen LogP contribution < -0.4 is 15.4 Å². The molecular weight excluding hydrogens is 371 g/mol. The van der Waals surface area contributed by atoms with Crippen molar-refractivity contribution in [2.75, 3.05) is 26.7 Å². The second kappa shape index (κ2) is 10.5. The van der Waals surface area contributed by atoms with Gasteiger partial charge in [-0.2, -0.15) is 0 Å². The van der Waals surface area contributed by atoms with Gasteiger partial charge in [0.1, 0.15) is 6.10 Å². The van der Waals surface area contributed by atoms with Crippen LogP contribution in [0.25, 0.3) is 0 Å². The number of amides is 1. The highest BCUT2D eigenvalue weighted by Gasteiger charge is 2.31. The molecule has 29 heavy (non-hydrogen) atoms. The smallest absolute Gasteiger partial charge is 0.225 e. The monoisotopic (exact) mass is 404 g/mol. The van der Waals surface area contributed by atoms with Crippen LogP contribution in [-0.4, -0.2) is 55.6 Å². The summed E-state index contributed by atoms with van der Waals surface area (Å²) in [6.07, 6.45) is 6.38. The average Bonchev–Trinajstić information content (AvgIpc) is 3.21. The van der Waals surface area contributed by atoms with E-state index in [1.165, 1.54) is 25.3 Å². The Kier molecular flexibility index (Phi) is 7.72. The quantitative estimate of drug-likeness (QED) is 0.565. The van der Waals surface area contributed by atoms with Crippen LogP contribution in [0.15, 0.2) is 29.3 Å². The molecule has 1 saturated carbocycles. The molecule has 1 amide bonds. The summed E-state index contributed by atoms with van der Waals surface area (Å²) in [4.78, 5) is 19.0. The molecule has 2 aliphatic rings. The molecular formula is C22H33FN4O2. The number of nitrogens with zero attached hydrogens (tertiary/aromatic N) is 2. The molecule has 6 nitrogen and oxygen atoms in total. The summed E-state index contributed by atoms with van der Waals surface area (Å²) in [6, 6.07) is 6.59. The van der Waals surface area contributed by atoms with Crippen molar-refractivity contribution in [2.24, 2.45) is 10.9 Å². The van der Waals surface area contributed by atoms with Crippen molar-refractivity contribution < 1.29 is 13.9 Å². The van der Waals surface area contributed by atoms with Gasteiger partial charge >= 0.3 is 0 Å². The van der Waals surface area contributed by atoms with Crippen molar-refractivity contribution in [1.29, 1.82) is 0 Å². The van der Waals surface area contributed by atoms with Gasteiger partial charge in [-0.05, 0) is 38.3 Å². The molecule has 1 aliphatic heterocycles. The molecule has 0 radical (unpaired) electrons. The molecule has 1 heterocycles. The molecule has 2 unspecified atom stereocenters. The fourth-order valence-electron chi connectivity index (χ4n) is 4.11. The first-order valence-electron chi connectivity index (χ1n) is 10.7. The molecule has 0 spiro atoms. The third-order valence-corrected chi connectivity index (χ3v) is 5.74. The molecule has 1 aromatic carbocycles. The number of carbonyl (C=O) groups is 1. The molecule has 2 N–H and O–H groups in total. The number of halogens is 1. The van der Waals surface area contributed by atoms with Gasteiger partial charge in [0, 0.05) is 32.1 Å². The largest absolute Gasteiger partial charge is 0.486 e. The number of aliphatic imine (C=N–C) groups is 1. The summed E-state index contributed by atoms with van der Waals surface area (Å²) in [7, 11) is 1.72. The van der Waals surface area contributed by atoms with Crippen LogP contribution in [0.3, 0.4) is 0 Å². The highest BCUT2D eigenvalue weighted by atomic mass is 19.1. The zero-order valence-electron chi connectivity index (χ0n) is 17.5. The maximum Gasteiger partial charge on any atom is 0.225 e. The SMILES string of the molecule is CN=C(NCC(C)Oc1ccccc1F)NC1CCN(C(=O)C2CCCCC2)C1. The normalized spacial score (nSPS) is 21.7. The second-order valence-corrected chi connectivity index (χ2v) is 8.06. The zero-order chi connectivity index (χ0) is 20.6. The Hall–Kier alpha value is -2.31. The molecule has 1 saturated heterocycles. The van der Waals surface area contributed by atoms with Crippen LogP contribution in [0, 0.1) is 11.7 Å². The maximum atomic E-state index is 13.7. The van der Waals surface area contributed by atoms with E-state index in [0.29, 0.717) is 18.4 Å². The molecule has 0 bridgehead atoms. The van der Waals surface area contributed by atoms with E-state index in [4.69, 9.17) is 4.74 Å². The first-order valence-corrected chi connectivity index (χ1v) is 10.7. The Bertz CT molecular complexity index is 706. The Morgan fingerprint density at radius 1 is 1.28 bits per heavy atom. The lowest BCUT2D eigenvalue weighted by Gasteiger charge is -2.26. The van der Waals surface area contributed by atoms with Gasteiger partial charge in [0.25, 0.3) is 0 Å². The standard InChI is InChI=1S/C22H33FN4O2/c1-16(29-20-11-7-6-10-19(20)23)14-25-22(24-2)26-18-12-13-27(15-18)21(28)17-8-4-3-5-9-17/h6-7,10-11,16-18H,3-5,8-9,12-15H2,1-2H3,(H2,24,25,26). The van der Waals surface area contributed by atoms with Gasteiger partial charge in [-0.25, -0.2) is 4.39 Å². The first-order chi connectivity index (χ1) is 14.1. The van der Waals surface area contributed by atoms with E-state index in [1.54, 1.807) is 25.2 Å². The van der Waals surface area contributed by atoms with Crippen LogP contribution in [0.1, 0.15) is 45.4 Å². The van der Waals surface area contributed by atoms with Crippen molar-refractivity contribution in [3.63, 3.8) is 0 Å². The molecule has 2 atom stereocenters. The van der Waals surface area contributed by atoms with E-state index in [1.807, 2.05) is 11.8 Å². The Morgan fingerprint density at radius 2 is 2.03 bits per heavy atom. The fourth-order valence-corrected chi connectivity index (χ4v) is 4.11. The number of para-hydroxylation sites is 1. The molecule has 160 valence electrons. The van der Waals surface area contributed by atoms with E-state index < -0.39 is 0 Å². The minimum Gasteiger partial charge on any atom is -0.486 e. The predicted molar refractivity (Wildman–Crippen MR) is 113 cm³/mol. The number of guanidine groups is 1. The lowest BCUT2D eigenvalue weighted by molar-refractivity contribution is -0.135. The lowest BCUT2D eigenvalue weighted by atomic mass is 9.88. The highest BCUT2D eigenvalue weighted by molar-refractivity contribution is 5.81. The third kappa shape index (κ3) is 6.08. The van der Waals surface area contributed by atoms with Gasteiger partial charge in [0.15, 0.2) is 17.5 Å².